The molecule has 24 heavy (non-hydrogen) atoms. The van der Waals surface area contributed by atoms with E-state index in [-0.39, 0.29) is 6.10 Å². The summed E-state index contributed by atoms with van der Waals surface area (Å²) < 4.78 is 16.7. The highest BCUT2D eigenvalue weighted by Gasteiger charge is 2.23. The molecule has 5 heteroatoms. The van der Waals surface area contributed by atoms with Gasteiger partial charge in [0.1, 0.15) is 5.75 Å². The molecule has 4 rings (SSSR count). The van der Waals surface area contributed by atoms with Gasteiger partial charge in [-0.15, -0.1) is 0 Å². The standard InChI is InChI=1S/C19H18N2O3/c1-22-16-9-5-4-8-15(16)19-20-18(24-21-19)12-17-14-7-3-2-6-13(14)10-11-23-17/h2-9,17H,10-12H2,1H3/t17-/m0/s1. The normalized spacial score (nSPS) is 16.6. The summed E-state index contributed by atoms with van der Waals surface area (Å²) in [7, 11) is 1.63. The molecular weight excluding hydrogens is 304 g/mol. The van der Waals surface area contributed by atoms with Crippen LogP contribution in [-0.4, -0.2) is 23.9 Å². The molecule has 2 aromatic carbocycles. The Bertz CT molecular complexity index is 844. The molecule has 1 atom stereocenters. The SMILES string of the molecule is COc1ccccc1-c1noc(C[C@@H]2OCCc3ccccc32)n1. The maximum absolute atomic E-state index is 5.92. The van der Waals surface area contributed by atoms with E-state index in [0.29, 0.717) is 18.1 Å². The molecule has 2 heterocycles. The van der Waals surface area contributed by atoms with Crippen molar-refractivity contribution in [3.8, 4) is 17.1 Å². The van der Waals surface area contributed by atoms with Crippen molar-refractivity contribution in [2.45, 2.75) is 18.9 Å². The second-order valence-corrected chi connectivity index (χ2v) is 5.72. The Morgan fingerprint density at radius 1 is 1.12 bits per heavy atom. The van der Waals surface area contributed by atoms with Crippen molar-refractivity contribution in [1.29, 1.82) is 0 Å². The zero-order valence-corrected chi connectivity index (χ0v) is 13.4. The van der Waals surface area contributed by atoms with Gasteiger partial charge in [0.25, 0.3) is 0 Å². The molecule has 122 valence electrons. The average molecular weight is 322 g/mol. The first-order chi connectivity index (χ1) is 11.8. The molecule has 0 amide bonds. The molecule has 0 radical (unpaired) electrons. The number of nitrogens with zero attached hydrogens (tertiary/aromatic N) is 2. The molecule has 0 unspecified atom stereocenters. The lowest BCUT2D eigenvalue weighted by Gasteiger charge is -2.24. The Hall–Kier alpha value is -2.66. The van der Waals surface area contributed by atoms with Crippen LogP contribution in [-0.2, 0) is 17.6 Å². The van der Waals surface area contributed by atoms with E-state index in [4.69, 9.17) is 14.0 Å². The molecule has 0 aliphatic carbocycles. The minimum absolute atomic E-state index is 0.0408. The molecular formula is C19H18N2O3. The fourth-order valence-corrected chi connectivity index (χ4v) is 3.08. The van der Waals surface area contributed by atoms with E-state index in [9.17, 15) is 0 Å². The largest absolute Gasteiger partial charge is 0.496 e. The molecule has 1 aliphatic heterocycles. The van der Waals surface area contributed by atoms with Crippen molar-refractivity contribution in [2.75, 3.05) is 13.7 Å². The van der Waals surface area contributed by atoms with Gasteiger partial charge >= 0.3 is 0 Å². The third-order valence-electron chi connectivity index (χ3n) is 4.27. The summed E-state index contributed by atoms with van der Waals surface area (Å²) in [6, 6.07) is 16.0. The summed E-state index contributed by atoms with van der Waals surface area (Å²) in [4.78, 5) is 4.52. The summed E-state index contributed by atoms with van der Waals surface area (Å²) >= 11 is 0. The molecule has 5 nitrogen and oxygen atoms in total. The Morgan fingerprint density at radius 2 is 1.96 bits per heavy atom. The highest BCUT2D eigenvalue weighted by molar-refractivity contribution is 5.63. The third-order valence-corrected chi connectivity index (χ3v) is 4.27. The molecule has 0 fully saturated rings. The smallest absolute Gasteiger partial charge is 0.229 e. The summed E-state index contributed by atoms with van der Waals surface area (Å²) in [5.74, 6) is 1.83. The summed E-state index contributed by atoms with van der Waals surface area (Å²) in [6.45, 7) is 0.717. The van der Waals surface area contributed by atoms with Crippen molar-refractivity contribution < 1.29 is 14.0 Å². The third kappa shape index (κ3) is 2.78. The van der Waals surface area contributed by atoms with Gasteiger partial charge in [-0.25, -0.2) is 0 Å². The zero-order valence-electron chi connectivity index (χ0n) is 13.4. The van der Waals surface area contributed by atoms with Crippen LogP contribution in [0.15, 0.2) is 53.1 Å². The zero-order chi connectivity index (χ0) is 16.4. The van der Waals surface area contributed by atoms with Crippen LogP contribution in [0, 0.1) is 0 Å². The minimum Gasteiger partial charge on any atom is -0.496 e. The van der Waals surface area contributed by atoms with E-state index >= 15 is 0 Å². The van der Waals surface area contributed by atoms with Crippen LogP contribution in [0.3, 0.4) is 0 Å². The lowest BCUT2D eigenvalue weighted by atomic mass is 9.96. The number of benzene rings is 2. The van der Waals surface area contributed by atoms with Gasteiger partial charge in [-0.05, 0) is 29.7 Å². The highest BCUT2D eigenvalue weighted by Crippen LogP contribution is 2.31. The van der Waals surface area contributed by atoms with E-state index in [1.807, 2.05) is 30.3 Å². The van der Waals surface area contributed by atoms with Gasteiger partial charge in [-0.2, -0.15) is 4.98 Å². The van der Waals surface area contributed by atoms with Crippen LogP contribution in [0.25, 0.3) is 11.4 Å². The minimum atomic E-state index is -0.0408. The highest BCUT2D eigenvalue weighted by atomic mass is 16.5. The molecule has 0 spiro atoms. The van der Waals surface area contributed by atoms with E-state index in [2.05, 4.69) is 28.3 Å². The number of methoxy groups -OCH3 is 1. The Kier molecular flexibility index (Phi) is 4.01. The van der Waals surface area contributed by atoms with Crippen LogP contribution in [0.4, 0.5) is 0 Å². The van der Waals surface area contributed by atoms with Crippen LogP contribution >= 0.6 is 0 Å². The van der Waals surface area contributed by atoms with Crippen LogP contribution in [0.2, 0.25) is 0 Å². The fraction of sp³-hybridized carbons (Fsp3) is 0.263. The van der Waals surface area contributed by atoms with Crippen molar-refractivity contribution in [3.05, 3.63) is 65.5 Å². The molecule has 1 aromatic heterocycles. The number of hydrogen-bond acceptors (Lipinski definition) is 5. The predicted molar refractivity (Wildman–Crippen MR) is 88.8 cm³/mol. The van der Waals surface area contributed by atoms with Gasteiger partial charge in [-0.1, -0.05) is 41.6 Å². The quantitative estimate of drug-likeness (QED) is 0.734. The first kappa shape index (κ1) is 14.9. The molecule has 3 aromatic rings. The number of hydrogen-bond donors (Lipinski definition) is 0. The fourth-order valence-electron chi connectivity index (χ4n) is 3.08. The van der Waals surface area contributed by atoms with Crippen molar-refractivity contribution >= 4 is 0 Å². The maximum atomic E-state index is 5.92. The van der Waals surface area contributed by atoms with Crippen molar-refractivity contribution in [2.24, 2.45) is 0 Å². The van der Waals surface area contributed by atoms with Gasteiger partial charge in [0, 0.05) is 0 Å². The second kappa shape index (κ2) is 6.45. The van der Waals surface area contributed by atoms with Crippen molar-refractivity contribution in [1.82, 2.24) is 10.1 Å². The van der Waals surface area contributed by atoms with Gasteiger partial charge in [0.05, 0.1) is 31.8 Å². The first-order valence-corrected chi connectivity index (χ1v) is 8.00. The van der Waals surface area contributed by atoms with Gasteiger partial charge in [0.2, 0.25) is 11.7 Å². The molecule has 0 N–H and O–H groups in total. The topological polar surface area (TPSA) is 57.4 Å². The Labute approximate surface area is 140 Å². The number of ether oxygens (including phenoxy) is 2. The van der Waals surface area contributed by atoms with E-state index < -0.39 is 0 Å². The number of fused-ring (bicyclic) bond motifs is 1. The number of rotatable bonds is 4. The van der Waals surface area contributed by atoms with Gasteiger partial charge in [0.15, 0.2) is 0 Å². The first-order valence-electron chi connectivity index (χ1n) is 8.00. The lowest BCUT2D eigenvalue weighted by molar-refractivity contribution is 0.0375. The van der Waals surface area contributed by atoms with E-state index in [1.54, 1.807) is 7.11 Å². The predicted octanol–water partition coefficient (Wildman–Crippen LogP) is 3.60. The van der Waals surface area contributed by atoms with Gasteiger partial charge < -0.3 is 14.0 Å². The Morgan fingerprint density at radius 3 is 2.88 bits per heavy atom. The van der Waals surface area contributed by atoms with E-state index in [1.165, 1.54) is 11.1 Å². The molecule has 1 aliphatic rings. The molecule has 0 bridgehead atoms. The van der Waals surface area contributed by atoms with E-state index in [0.717, 1.165) is 24.3 Å². The lowest BCUT2D eigenvalue weighted by Crippen LogP contribution is -2.18. The van der Waals surface area contributed by atoms with Crippen LogP contribution in [0.5, 0.6) is 5.75 Å². The van der Waals surface area contributed by atoms with Gasteiger partial charge in [-0.3, -0.25) is 0 Å². The summed E-state index contributed by atoms with van der Waals surface area (Å²) in [5, 5.41) is 4.09. The average Bonchev–Trinajstić information content (AvgIpc) is 3.10. The summed E-state index contributed by atoms with van der Waals surface area (Å²) in [6.07, 6.45) is 1.48. The number of para-hydroxylation sites is 1. The Balaban J connectivity index is 1.59. The van der Waals surface area contributed by atoms with Crippen molar-refractivity contribution in [3.63, 3.8) is 0 Å². The maximum Gasteiger partial charge on any atom is 0.229 e. The molecule has 0 saturated carbocycles. The second-order valence-electron chi connectivity index (χ2n) is 5.72. The van der Waals surface area contributed by atoms with Crippen LogP contribution in [0.1, 0.15) is 23.1 Å². The summed E-state index contributed by atoms with van der Waals surface area (Å²) in [5.41, 5.74) is 3.36. The number of aromatic nitrogens is 2. The van der Waals surface area contributed by atoms with Crippen LogP contribution < -0.4 is 4.74 Å². The monoisotopic (exact) mass is 322 g/mol. The molecule has 0 saturated heterocycles.